The van der Waals surface area contributed by atoms with E-state index in [9.17, 15) is 14.4 Å². The van der Waals surface area contributed by atoms with Crippen molar-refractivity contribution >= 4 is 33.7 Å². The van der Waals surface area contributed by atoms with Crippen molar-refractivity contribution in [3.05, 3.63) is 22.6 Å². The third-order valence-electron chi connectivity index (χ3n) is 2.89. The molecule has 1 fully saturated rings. The van der Waals surface area contributed by atoms with Crippen LogP contribution < -0.4 is 5.32 Å². The fraction of sp³-hybridized carbons (Fsp3) is 0.417. The zero-order valence-electron chi connectivity index (χ0n) is 10.9. The Kier molecular flexibility index (Phi) is 4.97. The van der Waals surface area contributed by atoms with Gasteiger partial charge in [-0.1, -0.05) is 0 Å². The van der Waals surface area contributed by atoms with Crippen LogP contribution in [0.4, 0.5) is 0 Å². The van der Waals surface area contributed by atoms with Gasteiger partial charge >= 0.3 is 5.97 Å². The van der Waals surface area contributed by atoms with Crippen LogP contribution in [0.1, 0.15) is 10.6 Å². The highest BCUT2D eigenvalue weighted by Crippen LogP contribution is 2.13. The highest BCUT2D eigenvalue weighted by Gasteiger charge is 2.29. The maximum absolute atomic E-state index is 11.9. The van der Waals surface area contributed by atoms with E-state index in [-0.39, 0.29) is 31.4 Å². The summed E-state index contributed by atoms with van der Waals surface area (Å²) in [4.78, 5) is 35.8. The minimum absolute atomic E-state index is 0.0314. The number of aliphatic carboxylic acids is 1. The van der Waals surface area contributed by atoms with Gasteiger partial charge in [-0.3, -0.25) is 9.59 Å². The first-order valence-corrected chi connectivity index (χ1v) is 6.92. The molecule has 8 nitrogen and oxygen atoms in total. The van der Waals surface area contributed by atoms with Crippen LogP contribution in [0.2, 0.25) is 0 Å². The second-order valence-electron chi connectivity index (χ2n) is 4.32. The number of nitrogens with one attached hydrogen (secondary N) is 1. The molecule has 1 unspecified atom stereocenters. The number of carboxylic acid groups (broad SMARTS) is 1. The lowest BCUT2D eigenvalue weighted by atomic mass is 10.2. The molecule has 0 aromatic carbocycles. The van der Waals surface area contributed by atoms with Crippen LogP contribution in [0.25, 0.3) is 0 Å². The highest BCUT2D eigenvalue weighted by atomic mass is 79.9. The van der Waals surface area contributed by atoms with E-state index < -0.39 is 18.0 Å². The molecule has 2 N–H and O–H groups in total. The summed E-state index contributed by atoms with van der Waals surface area (Å²) in [6.07, 6.45) is -1.03. The lowest BCUT2D eigenvalue weighted by molar-refractivity contribution is -0.159. The van der Waals surface area contributed by atoms with Crippen LogP contribution >= 0.6 is 15.9 Å². The van der Waals surface area contributed by atoms with Crippen LogP contribution in [0, 0.1) is 0 Å². The molecule has 1 aromatic heterocycles. The molecule has 0 saturated carbocycles. The molecule has 114 valence electrons. The summed E-state index contributed by atoms with van der Waals surface area (Å²) in [5.41, 5.74) is 0. The molecule has 9 heteroatoms. The molecule has 0 spiro atoms. The zero-order chi connectivity index (χ0) is 15.4. The summed E-state index contributed by atoms with van der Waals surface area (Å²) in [6.45, 7) is 0.187. The van der Waals surface area contributed by atoms with Gasteiger partial charge in [-0.15, -0.1) is 0 Å². The first kappa shape index (κ1) is 15.5. The van der Waals surface area contributed by atoms with Gasteiger partial charge in [0.25, 0.3) is 5.91 Å². The fourth-order valence-electron chi connectivity index (χ4n) is 1.82. The van der Waals surface area contributed by atoms with Crippen LogP contribution in [0.5, 0.6) is 0 Å². The van der Waals surface area contributed by atoms with Gasteiger partial charge in [0.1, 0.15) is 0 Å². The van der Waals surface area contributed by atoms with Gasteiger partial charge in [0.15, 0.2) is 16.5 Å². The van der Waals surface area contributed by atoms with E-state index in [0.717, 1.165) is 0 Å². The van der Waals surface area contributed by atoms with E-state index in [4.69, 9.17) is 14.3 Å². The Morgan fingerprint density at radius 2 is 2.19 bits per heavy atom. The summed E-state index contributed by atoms with van der Waals surface area (Å²) >= 11 is 3.07. The number of hydrogen-bond acceptors (Lipinski definition) is 5. The van der Waals surface area contributed by atoms with Gasteiger partial charge in [0.2, 0.25) is 5.91 Å². The Hall–Kier alpha value is -1.87. The van der Waals surface area contributed by atoms with Crippen molar-refractivity contribution in [3.8, 4) is 0 Å². The molecule has 1 aliphatic rings. The van der Waals surface area contributed by atoms with Gasteiger partial charge in [-0.05, 0) is 28.1 Å². The number of morpholine rings is 1. The summed E-state index contributed by atoms with van der Waals surface area (Å²) in [6, 6.07) is 3.04. The van der Waals surface area contributed by atoms with E-state index in [1.165, 1.54) is 11.0 Å². The molecule has 2 rings (SSSR count). The Balaban J connectivity index is 1.84. The third kappa shape index (κ3) is 4.05. The molecule has 1 saturated heterocycles. The second-order valence-corrected chi connectivity index (χ2v) is 5.11. The van der Waals surface area contributed by atoms with Crippen molar-refractivity contribution in [2.75, 3.05) is 26.2 Å². The Morgan fingerprint density at radius 3 is 2.81 bits per heavy atom. The Labute approximate surface area is 128 Å². The first-order valence-electron chi connectivity index (χ1n) is 6.13. The maximum Gasteiger partial charge on any atom is 0.334 e. The Bertz CT molecular complexity index is 558. The highest BCUT2D eigenvalue weighted by molar-refractivity contribution is 9.10. The van der Waals surface area contributed by atoms with E-state index in [2.05, 4.69) is 21.2 Å². The number of furan rings is 1. The SMILES string of the molecule is O=C(NCC(=O)N1CCOC(C(=O)O)C1)c1ccc(Br)o1. The summed E-state index contributed by atoms with van der Waals surface area (Å²) in [5, 5.41) is 11.3. The van der Waals surface area contributed by atoms with E-state index >= 15 is 0 Å². The number of nitrogens with zero attached hydrogens (tertiary/aromatic N) is 1. The molecule has 2 heterocycles. The smallest absolute Gasteiger partial charge is 0.334 e. The molecule has 1 aliphatic heterocycles. The number of ether oxygens (including phenoxy) is 1. The largest absolute Gasteiger partial charge is 0.479 e. The van der Waals surface area contributed by atoms with E-state index in [1.54, 1.807) is 6.07 Å². The Morgan fingerprint density at radius 1 is 1.43 bits per heavy atom. The average Bonchev–Trinajstić information content (AvgIpc) is 2.91. The second kappa shape index (κ2) is 6.72. The van der Waals surface area contributed by atoms with Gasteiger partial charge in [0, 0.05) is 6.54 Å². The van der Waals surface area contributed by atoms with Crippen molar-refractivity contribution in [2.45, 2.75) is 6.10 Å². The molecule has 0 radical (unpaired) electrons. The van der Waals surface area contributed by atoms with Gasteiger partial charge in [-0.2, -0.15) is 0 Å². The summed E-state index contributed by atoms with van der Waals surface area (Å²) in [7, 11) is 0. The van der Waals surface area contributed by atoms with Crippen molar-refractivity contribution < 1.29 is 28.6 Å². The minimum atomic E-state index is -1.11. The quantitative estimate of drug-likeness (QED) is 0.787. The molecule has 21 heavy (non-hydrogen) atoms. The average molecular weight is 361 g/mol. The number of carboxylic acids is 1. The van der Waals surface area contributed by atoms with Crippen LogP contribution in [0.3, 0.4) is 0 Å². The molecular weight excluding hydrogens is 348 g/mol. The number of rotatable bonds is 4. The number of carbonyl (C=O) groups is 3. The van der Waals surface area contributed by atoms with Crippen LogP contribution in [-0.2, 0) is 14.3 Å². The van der Waals surface area contributed by atoms with Crippen molar-refractivity contribution in [3.63, 3.8) is 0 Å². The summed E-state index contributed by atoms with van der Waals surface area (Å²) < 4.78 is 10.5. The number of carbonyl (C=O) groups excluding carboxylic acids is 2. The van der Waals surface area contributed by atoms with Crippen molar-refractivity contribution in [1.29, 1.82) is 0 Å². The maximum atomic E-state index is 11.9. The lowest BCUT2D eigenvalue weighted by Gasteiger charge is -2.30. The number of hydrogen-bond donors (Lipinski definition) is 2. The van der Waals surface area contributed by atoms with Crippen LogP contribution in [-0.4, -0.2) is 60.1 Å². The van der Waals surface area contributed by atoms with Crippen LogP contribution in [0.15, 0.2) is 21.2 Å². The molecule has 0 aliphatic carbocycles. The third-order valence-corrected chi connectivity index (χ3v) is 3.32. The number of halogens is 1. The van der Waals surface area contributed by atoms with Crippen molar-refractivity contribution in [2.24, 2.45) is 0 Å². The first-order chi connectivity index (χ1) is 9.97. The molecule has 2 amide bonds. The zero-order valence-corrected chi connectivity index (χ0v) is 12.5. The topological polar surface area (TPSA) is 109 Å². The monoisotopic (exact) mass is 360 g/mol. The minimum Gasteiger partial charge on any atom is -0.479 e. The predicted octanol–water partition coefficient (Wildman–Crippen LogP) is 0.0839. The van der Waals surface area contributed by atoms with Gasteiger partial charge < -0.3 is 24.5 Å². The normalized spacial score (nSPS) is 18.3. The molecule has 1 aromatic rings. The van der Waals surface area contributed by atoms with Gasteiger partial charge in [-0.25, -0.2) is 4.79 Å². The predicted molar refractivity (Wildman–Crippen MR) is 72.7 cm³/mol. The lowest BCUT2D eigenvalue weighted by Crippen LogP contribution is -2.51. The fourth-order valence-corrected chi connectivity index (χ4v) is 2.12. The van der Waals surface area contributed by atoms with Gasteiger partial charge in [0.05, 0.1) is 19.7 Å². The molecule has 1 atom stereocenters. The van der Waals surface area contributed by atoms with Crippen molar-refractivity contribution in [1.82, 2.24) is 10.2 Å². The molecular formula is C12H13BrN2O6. The number of amides is 2. The standard InChI is InChI=1S/C12H13BrN2O6/c13-9-2-1-7(21-9)11(17)14-5-10(16)15-3-4-20-8(6-15)12(18)19/h1-2,8H,3-6H2,(H,14,17)(H,18,19). The summed E-state index contributed by atoms with van der Waals surface area (Å²) in [5.74, 6) is -1.92. The molecule has 0 bridgehead atoms. The van der Waals surface area contributed by atoms with E-state index in [0.29, 0.717) is 11.2 Å². The van der Waals surface area contributed by atoms with E-state index in [1.807, 2.05) is 0 Å².